The van der Waals surface area contributed by atoms with Crippen molar-refractivity contribution in [1.82, 2.24) is 4.90 Å². The van der Waals surface area contributed by atoms with Crippen LogP contribution in [-0.2, 0) is 4.79 Å². The van der Waals surface area contributed by atoms with E-state index in [1.807, 2.05) is 11.8 Å². The van der Waals surface area contributed by atoms with Crippen LogP contribution in [0.4, 0.5) is 0 Å². The van der Waals surface area contributed by atoms with Gasteiger partial charge in [-0.15, -0.1) is 0 Å². The van der Waals surface area contributed by atoms with E-state index in [1.54, 1.807) is 0 Å². The lowest BCUT2D eigenvalue weighted by molar-refractivity contribution is -0.138. The van der Waals surface area contributed by atoms with Crippen LogP contribution in [0.2, 0.25) is 0 Å². The lowest BCUT2D eigenvalue weighted by Crippen LogP contribution is -2.52. The second kappa shape index (κ2) is 6.26. The molecule has 2 N–H and O–H groups in total. The lowest BCUT2D eigenvalue weighted by atomic mass is 9.84. The maximum Gasteiger partial charge on any atom is 0.304 e. The van der Waals surface area contributed by atoms with Gasteiger partial charge in [-0.1, -0.05) is 19.3 Å². The third kappa shape index (κ3) is 3.87. The summed E-state index contributed by atoms with van der Waals surface area (Å²) in [5, 5.41) is 19.5. The number of rotatable bonds is 4. The van der Waals surface area contributed by atoms with Gasteiger partial charge < -0.3 is 10.2 Å². The highest BCUT2D eigenvalue weighted by Gasteiger charge is 2.35. The summed E-state index contributed by atoms with van der Waals surface area (Å²) < 4.78 is 0. The van der Waals surface area contributed by atoms with Crippen molar-refractivity contribution in [2.75, 3.05) is 24.6 Å². The highest BCUT2D eigenvalue weighted by Crippen LogP contribution is 2.31. The third-order valence-electron chi connectivity index (χ3n) is 4.04. The van der Waals surface area contributed by atoms with Crippen LogP contribution in [0, 0.1) is 0 Å². The summed E-state index contributed by atoms with van der Waals surface area (Å²) in [6.45, 7) is 1.57. The maximum atomic E-state index is 10.9. The number of β-amino-alcohol motifs (C(OH)–C–C–N with tert-alkyl or cyclic N) is 1. The third-order valence-corrected chi connectivity index (χ3v) is 5.13. The molecule has 2 aliphatic rings. The second-order valence-electron chi connectivity index (χ2n) is 5.58. The molecule has 1 unspecified atom stereocenters. The first kappa shape index (κ1) is 14.2. The van der Waals surface area contributed by atoms with Gasteiger partial charge in [-0.05, 0) is 12.8 Å². The Bertz CT molecular complexity index is 292. The van der Waals surface area contributed by atoms with E-state index in [1.165, 1.54) is 6.42 Å². The van der Waals surface area contributed by atoms with Crippen molar-refractivity contribution in [2.24, 2.45) is 0 Å². The summed E-state index contributed by atoms with van der Waals surface area (Å²) in [6, 6.07) is 0.0900. The number of hydrogen-bond donors (Lipinski definition) is 2. The minimum Gasteiger partial charge on any atom is -0.481 e. The van der Waals surface area contributed by atoms with Gasteiger partial charge in [0.2, 0.25) is 0 Å². The number of carbonyl (C=O) groups is 1. The first-order valence-corrected chi connectivity index (χ1v) is 8.00. The first-order valence-electron chi connectivity index (χ1n) is 6.85. The molecule has 1 atom stereocenters. The number of hydrogen-bond acceptors (Lipinski definition) is 4. The van der Waals surface area contributed by atoms with Gasteiger partial charge in [0.05, 0.1) is 12.0 Å². The summed E-state index contributed by atoms with van der Waals surface area (Å²) in [4.78, 5) is 13.1. The zero-order chi connectivity index (χ0) is 13.0. The lowest BCUT2D eigenvalue weighted by Gasteiger charge is -2.42. The van der Waals surface area contributed by atoms with E-state index in [0.29, 0.717) is 6.54 Å². The maximum absolute atomic E-state index is 10.9. The van der Waals surface area contributed by atoms with Crippen molar-refractivity contribution < 1.29 is 15.0 Å². The average molecular weight is 273 g/mol. The van der Waals surface area contributed by atoms with Crippen molar-refractivity contribution in [3.05, 3.63) is 0 Å². The highest BCUT2D eigenvalue weighted by atomic mass is 32.2. The SMILES string of the molecule is O=C(O)CC1CSCCN1CC1(O)CCCCC1. The Labute approximate surface area is 113 Å². The number of aliphatic carboxylic acids is 1. The Morgan fingerprint density at radius 3 is 2.72 bits per heavy atom. The van der Waals surface area contributed by atoms with Crippen molar-refractivity contribution in [2.45, 2.75) is 50.2 Å². The molecule has 0 radical (unpaired) electrons. The molecular weight excluding hydrogens is 250 g/mol. The summed E-state index contributed by atoms with van der Waals surface area (Å²) >= 11 is 1.82. The van der Waals surface area contributed by atoms with Crippen LogP contribution in [0.3, 0.4) is 0 Å². The zero-order valence-electron chi connectivity index (χ0n) is 10.8. The number of thioether (sulfide) groups is 1. The van der Waals surface area contributed by atoms with Crippen LogP contribution in [0.15, 0.2) is 0 Å². The largest absolute Gasteiger partial charge is 0.481 e. The minimum absolute atomic E-state index is 0.0900. The smallest absolute Gasteiger partial charge is 0.304 e. The fourth-order valence-corrected chi connectivity index (χ4v) is 4.16. The van der Waals surface area contributed by atoms with Crippen LogP contribution in [0.5, 0.6) is 0 Å². The molecule has 0 bridgehead atoms. The summed E-state index contributed by atoms with van der Waals surface area (Å²) in [5.41, 5.74) is -0.572. The van der Waals surface area contributed by atoms with E-state index < -0.39 is 11.6 Å². The molecule has 1 saturated carbocycles. The molecule has 1 heterocycles. The molecule has 0 spiro atoms. The summed E-state index contributed by atoms with van der Waals surface area (Å²) in [6.07, 6.45) is 5.36. The van der Waals surface area contributed by atoms with Crippen molar-refractivity contribution in [1.29, 1.82) is 0 Å². The Morgan fingerprint density at radius 2 is 2.06 bits per heavy atom. The van der Waals surface area contributed by atoms with Gasteiger partial charge >= 0.3 is 5.97 Å². The molecule has 2 rings (SSSR count). The van der Waals surface area contributed by atoms with Gasteiger partial charge in [0.15, 0.2) is 0 Å². The molecule has 1 aliphatic carbocycles. The van der Waals surface area contributed by atoms with E-state index in [-0.39, 0.29) is 12.5 Å². The van der Waals surface area contributed by atoms with E-state index in [9.17, 15) is 9.90 Å². The number of nitrogens with zero attached hydrogens (tertiary/aromatic N) is 1. The Kier molecular flexibility index (Phi) is 4.92. The predicted octanol–water partition coefficient (Wildman–Crippen LogP) is 1.57. The first-order chi connectivity index (χ1) is 8.59. The van der Waals surface area contributed by atoms with Gasteiger partial charge in [0.1, 0.15) is 0 Å². The molecular formula is C13H23NO3S. The molecule has 0 amide bonds. The van der Waals surface area contributed by atoms with E-state index >= 15 is 0 Å². The van der Waals surface area contributed by atoms with Gasteiger partial charge in [-0.25, -0.2) is 0 Å². The molecule has 4 nitrogen and oxygen atoms in total. The van der Waals surface area contributed by atoms with Gasteiger partial charge in [-0.2, -0.15) is 11.8 Å². The quantitative estimate of drug-likeness (QED) is 0.814. The highest BCUT2D eigenvalue weighted by molar-refractivity contribution is 7.99. The van der Waals surface area contributed by atoms with Crippen molar-refractivity contribution in [3.63, 3.8) is 0 Å². The average Bonchev–Trinajstić information content (AvgIpc) is 2.32. The molecule has 2 fully saturated rings. The van der Waals surface area contributed by atoms with Crippen LogP contribution in [0.25, 0.3) is 0 Å². The summed E-state index contributed by atoms with van der Waals surface area (Å²) in [7, 11) is 0. The molecule has 5 heteroatoms. The normalized spacial score (nSPS) is 29.1. The Balaban J connectivity index is 1.93. The van der Waals surface area contributed by atoms with Gasteiger partial charge in [0, 0.05) is 30.6 Å². The molecule has 104 valence electrons. The number of carboxylic acids is 1. The van der Waals surface area contributed by atoms with Crippen LogP contribution >= 0.6 is 11.8 Å². The van der Waals surface area contributed by atoms with E-state index in [0.717, 1.165) is 43.7 Å². The molecule has 1 aliphatic heterocycles. The van der Waals surface area contributed by atoms with E-state index in [2.05, 4.69) is 4.90 Å². The van der Waals surface area contributed by atoms with Crippen molar-refractivity contribution in [3.8, 4) is 0 Å². The predicted molar refractivity (Wildman–Crippen MR) is 73.0 cm³/mol. The fourth-order valence-electron chi connectivity index (χ4n) is 3.03. The fraction of sp³-hybridized carbons (Fsp3) is 0.923. The van der Waals surface area contributed by atoms with E-state index in [4.69, 9.17) is 5.11 Å². The Morgan fingerprint density at radius 1 is 1.33 bits per heavy atom. The molecule has 0 aromatic rings. The molecule has 1 saturated heterocycles. The number of aliphatic hydroxyl groups is 1. The Hall–Kier alpha value is -0.260. The standard InChI is InChI=1S/C13H23NO3S/c15-12(16)8-11-9-18-7-6-14(11)10-13(17)4-2-1-3-5-13/h11,17H,1-10H2,(H,15,16). The zero-order valence-corrected chi connectivity index (χ0v) is 11.6. The van der Waals surface area contributed by atoms with Crippen LogP contribution < -0.4 is 0 Å². The van der Waals surface area contributed by atoms with Crippen molar-refractivity contribution >= 4 is 17.7 Å². The monoisotopic (exact) mass is 273 g/mol. The van der Waals surface area contributed by atoms with Crippen LogP contribution in [-0.4, -0.2) is 57.3 Å². The number of carboxylic acid groups (broad SMARTS) is 1. The molecule has 18 heavy (non-hydrogen) atoms. The van der Waals surface area contributed by atoms with Gasteiger partial charge in [-0.3, -0.25) is 9.69 Å². The van der Waals surface area contributed by atoms with Gasteiger partial charge in [0.25, 0.3) is 0 Å². The molecule has 0 aromatic carbocycles. The second-order valence-corrected chi connectivity index (χ2v) is 6.73. The minimum atomic E-state index is -0.733. The molecule has 0 aromatic heterocycles. The van der Waals surface area contributed by atoms with Crippen LogP contribution in [0.1, 0.15) is 38.5 Å². The topological polar surface area (TPSA) is 60.8 Å². The summed E-state index contributed by atoms with van der Waals surface area (Å²) in [5.74, 6) is 1.19.